The molecule has 152 valence electrons. The van der Waals surface area contributed by atoms with Gasteiger partial charge in [0.05, 0.1) is 19.2 Å². The van der Waals surface area contributed by atoms with Crippen LogP contribution in [0.15, 0.2) is 65.1 Å². The highest BCUT2D eigenvalue weighted by molar-refractivity contribution is 6.07. The van der Waals surface area contributed by atoms with E-state index in [1.54, 1.807) is 18.2 Å². The molecule has 0 atom stereocenters. The third-order valence-corrected chi connectivity index (χ3v) is 4.63. The summed E-state index contributed by atoms with van der Waals surface area (Å²) in [6, 6.07) is 16.9. The van der Waals surface area contributed by atoms with Crippen LogP contribution in [0.5, 0.6) is 5.75 Å². The minimum absolute atomic E-state index is 0.208. The van der Waals surface area contributed by atoms with Crippen molar-refractivity contribution in [2.24, 2.45) is 0 Å². The Hall–Kier alpha value is -3.87. The monoisotopic (exact) mass is 407 g/mol. The molecule has 0 fully saturated rings. The number of carbonyl (C=O) groups excluding carboxylic acids is 2. The highest BCUT2D eigenvalue weighted by atomic mass is 19.1. The van der Waals surface area contributed by atoms with Crippen molar-refractivity contribution in [2.45, 2.75) is 6.42 Å². The van der Waals surface area contributed by atoms with Crippen LogP contribution in [-0.2, 0) is 20.7 Å². The predicted molar refractivity (Wildman–Crippen MR) is 110 cm³/mol. The topological polar surface area (TPSA) is 77.8 Å². The number of benzene rings is 3. The zero-order valence-corrected chi connectivity index (χ0v) is 16.1. The van der Waals surface area contributed by atoms with Crippen LogP contribution in [0.4, 0.5) is 10.1 Å². The van der Waals surface area contributed by atoms with Gasteiger partial charge in [-0.3, -0.25) is 9.59 Å². The molecule has 0 aliphatic rings. The summed E-state index contributed by atoms with van der Waals surface area (Å²) in [6.45, 7) is -0.505. The number of anilines is 1. The summed E-state index contributed by atoms with van der Waals surface area (Å²) in [6.07, 6.45) is -0.256. The summed E-state index contributed by atoms with van der Waals surface area (Å²) < 4.78 is 29.8. The minimum Gasteiger partial charge on any atom is -0.495 e. The summed E-state index contributed by atoms with van der Waals surface area (Å²) >= 11 is 0. The van der Waals surface area contributed by atoms with Gasteiger partial charge in [0.15, 0.2) is 6.61 Å². The van der Waals surface area contributed by atoms with Crippen molar-refractivity contribution in [2.75, 3.05) is 19.0 Å². The number of para-hydroxylation sites is 1. The lowest BCUT2D eigenvalue weighted by Crippen LogP contribution is -2.22. The minimum atomic E-state index is -0.699. The van der Waals surface area contributed by atoms with Gasteiger partial charge < -0.3 is 19.2 Å². The molecule has 0 saturated heterocycles. The Morgan fingerprint density at radius 2 is 1.77 bits per heavy atom. The van der Waals surface area contributed by atoms with E-state index in [9.17, 15) is 14.0 Å². The van der Waals surface area contributed by atoms with Crippen LogP contribution in [-0.4, -0.2) is 25.6 Å². The van der Waals surface area contributed by atoms with Crippen LogP contribution in [0.3, 0.4) is 0 Å². The number of carbonyl (C=O) groups is 2. The molecule has 0 unspecified atom stereocenters. The Morgan fingerprint density at radius 1 is 1.00 bits per heavy atom. The van der Waals surface area contributed by atoms with Gasteiger partial charge in [-0.2, -0.15) is 0 Å². The van der Waals surface area contributed by atoms with Crippen molar-refractivity contribution in [3.63, 3.8) is 0 Å². The van der Waals surface area contributed by atoms with Crippen LogP contribution >= 0.6 is 0 Å². The van der Waals surface area contributed by atoms with Gasteiger partial charge in [-0.15, -0.1) is 0 Å². The van der Waals surface area contributed by atoms with Crippen molar-refractivity contribution in [3.05, 3.63) is 72.0 Å². The molecule has 0 aliphatic carbocycles. The molecule has 4 rings (SSSR count). The maximum absolute atomic E-state index is 13.6. The molecular weight excluding hydrogens is 389 g/mol. The molecule has 1 heterocycles. The molecule has 0 aliphatic heterocycles. The average Bonchev–Trinajstić information content (AvgIpc) is 3.10. The fourth-order valence-electron chi connectivity index (χ4n) is 3.20. The highest BCUT2D eigenvalue weighted by Gasteiger charge is 2.16. The Bertz CT molecular complexity index is 1250. The molecular formula is C23H18FNO5. The first kappa shape index (κ1) is 19.4. The van der Waals surface area contributed by atoms with Gasteiger partial charge in [-0.05, 0) is 23.8 Å². The Balaban J connectivity index is 1.45. The molecule has 30 heavy (non-hydrogen) atoms. The highest BCUT2D eigenvalue weighted by Crippen LogP contribution is 2.36. The van der Waals surface area contributed by atoms with Crippen molar-refractivity contribution >= 4 is 39.5 Å². The van der Waals surface area contributed by atoms with E-state index in [1.807, 2.05) is 24.3 Å². The van der Waals surface area contributed by atoms with Crippen LogP contribution in [0, 0.1) is 5.82 Å². The molecule has 7 heteroatoms. The molecule has 3 aromatic carbocycles. The fourth-order valence-corrected chi connectivity index (χ4v) is 3.20. The first-order chi connectivity index (χ1) is 14.5. The number of nitrogens with one attached hydrogen (secondary N) is 1. The van der Waals surface area contributed by atoms with Gasteiger partial charge in [0.1, 0.15) is 22.7 Å². The number of rotatable bonds is 6. The molecule has 1 N–H and O–H groups in total. The van der Waals surface area contributed by atoms with E-state index >= 15 is 0 Å². The van der Waals surface area contributed by atoms with E-state index in [0.29, 0.717) is 17.0 Å². The van der Waals surface area contributed by atoms with Gasteiger partial charge >= 0.3 is 5.97 Å². The number of amides is 1. The smallest absolute Gasteiger partial charge is 0.310 e. The Kier molecular flexibility index (Phi) is 5.34. The number of hydrogen-bond acceptors (Lipinski definition) is 5. The largest absolute Gasteiger partial charge is 0.495 e. The second kappa shape index (κ2) is 8.24. The van der Waals surface area contributed by atoms with Gasteiger partial charge in [-0.1, -0.05) is 36.4 Å². The first-order valence-electron chi connectivity index (χ1n) is 9.23. The summed E-state index contributed by atoms with van der Waals surface area (Å²) in [5, 5.41) is 4.45. The number of ether oxygens (including phenoxy) is 2. The summed E-state index contributed by atoms with van der Waals surface area (Å²) in [4.78, 5) is 24.2. The van der Waals surface area contributed by atoms with E-state index in [2.05, 4.69) is 5.32 Å². The molecule has 0 radical (unpaired) electrons. The lowest BCUT2D eigenvalue weighted by Gasteiger charge is -2.11. The van der Waals surface area contributed by atoms with Crippen LogP contribution in [0.1, 0.15) is 5.56 Å². The Morgan fingerprint density at radius 3 is 2.57 bits per heavy atom. The van der Waals surface area contributed by atoms with Crippen LogP contribution in [0.2, 0.25) is 0 Å². The van der Waals surface area contributed by atoms with Crippen LogP contribution < -0.4 is 10.1 Å². The number of hydrogen-bond donors (Lipinski definition) is 1. The second-order valence-electron chi connectivity index (χ2n) is 6.62. The quantitative estimate of drug-likeness (QED) is 0.478. The molecule has 0 spiro atoms. The maximum Gasteiger partial charge on any atom is 0.310 e. The third kappa shape index (κ3) is 3.96. The van der Waals surface area contributed by atoms with Gasteiger partial charge in [0, 0.05) is 16.8 Å². The van der Waals surface area contributed by atoms with E-state index in [0.717, 1.165) is 16.4 Å². The molecule has 6 nitrogen and oxygen atoms in total. The fraction of sp³-hybridized carbons (Fsp3) is 0.130. The standard InChI is InChI=1S/C23H18FNO5/c1-28-21-11-16-15-7-3-5-9-19(15)30-20(16)12-18(21)25-22(26)13-29-23(27)10-14-6-2-4-8-17(14)24/h2-9,11-12H,10,13H2,1H3,(H,25,26). The lowest BCUT2D eigenvalue weighted by atomic mass is 10.1. The van der Waals surface area contributed by atoms with Gasteiger partial charge in [0.2, 0.25) is 0 Å². The summed E-state index contributed by atoms with van der Waals surface area (Å²) in [5.74, 6) is -1.30. The van der Waals surface area contributed by atoms with Crippen LogP contribution in [0.25, 0.3) is 21.9 Å². The van der Waals surface area contributed by atoms with E-state index in [-0.39, 0.29) is 12.0 Å². The van der Waals surface area contributed by atoms with E-state index in [1.165, 1.54) is 25.3 Å². The number of methoxy groups -OCH3 is 1. The van der Waals surface area contributed by atoms with Crippen molar-refractivity contribution in [1.82, 2.24) is 0 Å². The lowest BCUT2D eigenvalue weighted by molar-refractivity contribution is -0.146. The number of furan rings is 1. The van der Waals surface area contributed by atoms with Gasteiger partial charge in [0.25, 0.3) is 5.91 Å². The van der Waals surface area contributed by atoms with E-state index < -0.39 is 24.3 Å². The third-order valence-electron chi connectivity index (χ3n) is 4.63. The number of esters is 1. The SMILES string of the molecule is COc1cc2c(cc1NC(=O)COC(=O)Cc1ccccc1F)oc1ccccc12. The Labute approximate surface area is 171 Å². The normalized spacial score (nSPS) is 10.9. The average molecular weight is 407 g/mol. The zero-order valence-electron chi connectivity index (χ0n) is 16.1. The molecule has 1 aromatic heterocycles. The first-order valence-corrected chi connectivity index (χ1v) is 9.23. The van der Waals surface area contributed by atoms with Crippen molar-refractivity contribution < 1.29 is 27.9 Å². The molecule has 0 bridgehead atoms. The predicted octanol–water partition coefficient (Wildman–Crippen LogP) is 4.46. The van der Waals surface area contributed by atoms with Crippen molar-refractivity contribution in [3.8, 4) is 5.75 Å². The summed E-state index contributed by atoms with van der Waals surface area (Å²) in [7, 11) is 1.49. The molecule has 1 amide bonds. The second-order valence-corrected chi connectivity index (χ2v) is 6.62. The van der Waals surface area contributed by atoms with Crippen molar-refractivity contribution in [1.29, 1.82) is 0 Å². The van der Waals surface area contributed by atoms with Gasteiger partial charge in [-0.25, -0.2) is 4.39 Å². The number of halogens is 1. The zero-order chi connectivity index (χ0) is 21.1. The maximum atomic E-state index is 13.6. The summed E-state index contributed by atoms with van der Waals surface area (Å²) in [5.41, 5.74) is 1.91. The number of fused-ring (bicyclic) bond motifs is 3. The molecule has 0 saturated carbocycles. The molecule has 4 aromatic rings. The van der Waals surface area contributed by atoms with E-state index in [4.69, 9.17) is 13.9 Å².